The minimum atomic E-state index is -0.850. The summed E-state index contributed by atoms with van der Waals surface area (Å²) in [7, 11) is 1.51. The van der Waals surface area contributed by atoms with E-state index in [4.69, 9.17) is 9.47 Å². The van der Waals surface area contributed by atoms with Crippen LogP contribution in [0.1, 0.15) is 50.4 Å². The molecule has 0 bridgehead atoms. The first-order valence-electron chi connectivity index (χ1n) is 9.10. The van der Waals surface area contributed by atoms with Crippen molar-refractivity contribution in [3.05, 3.63) is 23.8 Å². The second kappa shape index (κ2) is 9.31. The van der Waals surface area contributed by atoms with Crippen LogP contribution in [0.2, 0.25) is 0 Å². The maximum atomic E-state index is 12.5. The van der Waals surface area contributed by atoms with Crippen molar-refractivity contribution in [2.24, 2.45) is 11.8 Å². The number of hydrogen-bond donors (Lipinski definition) is 1. The predicted molar refractivity (Wildman–Crippen MR) is 104 cm³/mol. The maximum absolute atomic E-state index is 12.5. The summed E-state index contributed by atoms with van der Waals surface area (Å²) in [5, 5.41) is 3.05. The van der Waals surface area contributed by atoms with Gasteiger partial charge in [-0.25, -0.2) is 4.79 Å². The van der Waals surface area contributed by atoms with Gasteiger partial charge in [0, 0.05) is 10.9 Å². The number of carbonyl (C=O) groups excluding carboxylic acids is 2. The Morgan fingerprint density at radius 3 is 2.65 bits per heavy atom. The third-order valence-corrected chi connectivity index (χ3v) is 6.04. The highest BCUT2D eigenvalue weighted by Crippen LogP contribution is 2.30. The van der Waals surface area contributed by atoms with E-state index in [1.807, 2.05) is 12.3 Å². The molecule has 0 unspecified atom stereocenters. The Morgan fingerprint density at radius 2 is 2.00 bits per heavy atom. The van der Waals surface area contributed by atoms with Gasteiger partial charge in [-0.05, 0) is 49.6 Å². The first-order chi connectivity index (χ1) is 12.4. The average Bonchev–Trinajstić information content (AvgIpc) is 2.64. The molecule has 1 aromatic carbocycles. The van der Waals surface area contributed by atoms with Crippen LogP contribution in [0.25, 0.3) is 0 Å². The molecular weight excluding hydrogens is 350 g/mol. The third kappa shape index (κ3) is 4.93. The molecular formula is C20H29NO4S. The first-order valence-corrected chi connectivity index (χ1v) is 10.3. The molecule has 4 atom stereocenters. The number of esters is 1. The molecule has 0 aromatic heterocycles. The number of benzene rings is 1. The number of ether oxygens (including phenoxy) is 2. The standard InChI is InChI=1S/C20H29NO4S/c1-12-7-6-8-17(13(12)2)21-19(22)14(3)25-20(23)16-10-9-15(26-5)11-18(16)24-4/h9-14,17H,6-8H2,1-5H3,(H,21,22)/t12-,13-,14-,17-/m1/s1. The van der Waals surface area contributed by atoms with Crippen molar-refractivity contribution in [1.82, 2.24) is 5.32 Å². The molecule has 5 nitrogen and oxygen atoms in total. The Morgan fingerprint density at radius 1 is 1.27 bits per heavy atom. The average molecular weight is 380 g/mol. The zero-order valence-electron chi connectivity index (χ0n) is 16.2. The fourth-order valence-electron chi connectivity index (χ4n) is 3.33. The quantitative estimate of drug-likeness (QED) is 0.600. The Balaban J connectivity index is 1.99. The zero-order chi connectivity index (χ0) is 19.3. The lowest BCUT2D eigenvalue weighted by molar-refractivity contribution is -0.130. The highest BCUT2D eigenvalue weighted by atomic mass is 32.2. The summed E-state index contributed by atoms with van der Waals surface area (Å²) in [4.78, 5) is 25.9. The molecule has 0 aliphatic heterocycles. The van der Waals surface area contributed by atoms with Gasteiger partial charge in [0.05, 0.1) is 7.11 Å². The predicted octanol–water partition coefficient (Wildman–Crippen LogP) is 3.90. The van der Waals surface area contributed by atoms with Crippen LogP contribution >= 0.6 is 11.8 Å². The number of hydrogen-bond acceptors (Lipinski definition) is 5. The van der Waals surface area contributed by atoms with Gasteiger partial charge in [0.1, 0.15) is 11.3 Å². The van der Waals surface area contributed by atoms with Crippen LogP contribution < -0.4 is 10.1 Å². The van der Waals surface area contributed by atoms with Gasteiger partial charge in [-0.2, -0.15) is 0 Å². The molecule has 1 aliphatic rings. The fraction of sp³-hybridized carbons (Fsp3) is 0.600. The summed E-state index contributed by atoms with van der Waals surface area (Å²) in [5.74, 6) is 0.663. The van der Waals surface area contributed by atoms with Crippen LogP contribution in [0.15, 0.2) is 23.1 Å². The van der Waals surface area contributed by atoms with E-state index < -0.39 is 12.1 Å². The van der Waals surface area contributed by atoms with Crippen LogP contribution in [0.5, 0.6) is 5.75 Å². The van der Waals surface area contributed by atoms with E-state index in [0.29, 0.717) is 23.1 Å². The molecule has 0 heterocycles. The third-order valence-electron chi connectivity index (χ3n) is 5.32. The van der Waals surface area contributed by atoms with E-state index in [2.05, 4.69) is 19.2 Å². The van der Waals surface area contributed by atoms with Gasteiger partial charge in [-0.3, -0.25) is 4.79 Å². The number of nitrogens with one attached hydrogen (secondary N) is 1. The van der Waals surface area contributed by atoms with Crippen LogP contribution in [-0.4, -0.2) is 37.4 Å². The van der Waals surface area contributed by atoms with Crippen molar-refractivity contribution in [2.75, 3.05) is 13.4 Å². The number of rotatable bonds is 6. The maximum Gasteiger partial charge on any atom is 0.342 e. The highest BCUT2D eigenvalue weighted by Gasteiger charge is 2.30. The van der Waals surface area contributed by atoms with E-state index >= 15 is 0 Å². The fourth-order valence-corrected chi connectivity index (χ4v) is 3.76. The Bertz CT molecular complexity index is 649. The molecule has 2 rings (SSSR count). The van der Waals surface area contributed by atoms with Gasteiger partial charge in [-0.15, -0.1) is 11.8 Å². The Kier molecular flexibility index (Phi) is 7.38. The highest BCUT2D eigenvalue weighted by molar-refractivity contribution is 7.98. The zero-order valence-corrected chi connectivity index (χ0v) is 17.0. The molecule has 1 aliphatic carbocycles. The smallest absolute Gasteiger partial charge is 0.342 e. The van der Waals surface area contributed by atoms with Gasteiger partial charge in [0.25, 0.3) is 5.91 Å². The molecule has 1 aromatic rings. The van der Waals surface area contributed by atoms with Crippen molar-refractivity contribution in [1.29, 1.82) is 0 Å². The molecule has 0 radical (unpaired) electrons. The number of thioether (sulfide) groups is 1. The number of methoxy groups -OCH3 is 1. The first kappa shape index (κ1) is 20.6. The molecule has 26 heavy (non-hydrogen) atoms. The van der Waals surface area contributed by atoms with Crippen LogP contribution in [0.4, 0.5) is 0 Å². The number of amides is 1. The van der Waals surface area contributed by atoms with Crippen molar-refractivity contribution < 1.29 is 19.1 Å². The van der Waals surface area contributed by atoms with Crippen molar-refractivity contribution >= 4 is 23.6 Å². The van der Waals surface area contributed by atoms with Crippen LogP contribution in [-0.2, 0) is 9.53 Å². The van der Waals surface area contributed by atoms with Gasteiger partial charge >= 0.3 is 5.97 Å². The van der Waals surface area contributed by atoms with Crippen molar-refractivity contribution in [3.63, 3.8) is 0 Å². The second-order valence-corrected chi connectivity index (χ2v) is 7.88. The molecule has 0 saturated heterocycles. The van der Waals surface area contributed by atoms with E-state index in [1.165, 1.54) is 13.5 Å². The van der Waals surface area contributed by atoms with Crippen molar-refractivity contribution in [3.8, 4) is 5.75 Å². The monoisotopic (exact) mass is 379 g/mol. The lowest BCUT2D eigenvalue weighted by Gasteiger charge is -2.35. The summed E-state index contributed by atoms with van der Waals surface area (Å²) in [5.41, 5.74) is 0.324. The van der Waals surface area contributed by atoms with Gasteiger partial charge in [-0.1, -0.05) is 26.7 Å². The topological polar surface area (TPSA) is 64.6 Å². The normalized spacial score (nSPS) is 23.8. The van der Waals surface area contributed by atoms with Gasteiger partial charge in [0.15, 0.2) is 6.10 Å². The summed E-state index contributed by atoms with van der Waals surface area (Å²) < 4.78 is 10.7. The van der Waals surface area contributed by atoms with Crippen molar-refractivity contribution in [2.45, 2.75) is 57.1 Å². The summed E-state index contributed by atoms with van der Waals surface area (Å²) in [6.45, 7) is 5.99. The van der Waals surface area contributed by atoms with E-state index in [0.717, 1.165) is 17.7 Å². The lowest BCUT2D eigenvalue weighted by Crippen LogP contribution is -2.47. The molecule has 144 valence electrons. The van der Waals surface area contributed by atoms with Gasteiger partial charge < -0.3 is 14.8 Å². The Hall–Kier alpha value is -1.69. The van der Waals surface area contributed by atoms with Crippen LogP contribution in [0.3, 0.4) is 0 Å². The van der Waals surface area contributed by atoms with Crippen LogP contribution in [0, 0.1) is 11.8 Å². The largest absolute Gasteiger partial charge is 0.496 e. The number of carbonyl (C=O) groups is 2. The van der Waals surface area contributed by atoms with E-state index in [-0.39, 0.29) is 11.9 Å². The minimum Gasteiger partial charge on any atom is -0.496 e. The summed E-state index contributed by atoms with van der Waals surface area (Å²) in [6.07, 6.45) is 4.39. The molecule has 1 saturated carbocycles. The SMILES string of the molecule is COc1cc(SC)ccc1C(=O)O[C@H](C)C(=O)N[C@@H]1CCC[C@@H](C)[C@H]1C. The van der Waals surface area contributed by atoms with E-state index in [1.54, 1.807) is 30.8 Å². The lowest BCUT2D eigenvalue weighted by atomic mass is 9.78. The molecule has 0 spiro atoms. The summed E-state index contributed by atoms with van der Waals surface area (Å²) >= 11 is 1.56. The van der Waals surface area contributed by atoms with E-state index in [9.17, 15) is 9.59 Å². The second-order valence-electron chi connectivity index (χ2n) is 7.00. The molecule has 1 fully saturated rings. The minimum absolute atomic E-state index is 0.141. The molecule has 1 amide bonds. The van der Waals surface area contributed by atoms with Gasteiger partial charge in [0.2, 0.25) is 0 Å². The molecule has 6 heteroatoms. The summed E-state index contributed by atoms with van der Waals surface area (Å²) in [6, 6.07) is 5.43. The molecule has 1 N–H and O–H groups in total. The Labute approximate surface area is 160 Å².